The summed E-state index contributed by atoms with van der Waals surface area (Å²) in [6, 6.07) is 8.29. The molecule has 1 aliphatic carbocycles. The van der Waals surface area contributed by atoms with E-state index in [-0.39, 0.29) is 5.91 Å². The Kier molecular flexibility index (Phi) is 4.28. The van der Waals surface area contributed by atoms with Crippen molar-refractivity contribution < 1.29 is 4.79 Å². The van der Waals surface area contributed by atoms with E-state index in [1.165, 1.54) is 0 Å². The van der Waals surface area contributed by atoms with Crippen LogP contribution in [0.5, 0.6) is 0 Å². The number of amides is 1. The SMILES string of the molecule is Cc1cc(C(=O)NCc2nncn2C2CC2)c(C)n1Cc1ccccn1. The van der Waals surface area contributed by atoms with Crippen molar-refractivity contribution in [1.29, 1.82) is 0 Å². The van der Waals surface area contributed by atoms with Crippen molar-refractivity contribution >= 4 is 5.91 Å². The van der Waals surface area contributed by atoms with E-state index in [4.69, 9.17) is 0 Å². The second-order valence-corrected chi connectivity index (χ2v) is 6.76. The van der Waals surface area contributed by atoms with Crippen LogP contribution in [0.4, 0.5) is 0 Å². The first-order valence-corrected chi connectivity index (χ1v) is 8.86. The summed E-state index contributed by atoms with van der Waals surface area (Å²) >= 11 is 0. The molecule has 7 heteroatoms. The van der Waals surface area contributed by atoms with Crippen LogP contribution >= 0.6 is 0 Å². The van der Waals surface area contributed by atoms with Crippen molar-refractivity contribution in [2.24, 2.45) is 0 Å². The molecule has 0 saturated heterocycles. The molecule has 0 spiro atoms. The number of hydrogen-bond donors (Lipinski definition) is 1. The van der Waals surface area contributed by atoms with Crippen LogP contribution < -0.4 is 5.32 Å². The van der Waals surface area contributed by atoms with Gasteiger partial charge in [-0.3, -0.25) is 9.78 Å². The first kappa shape index (κ1) is 16.5. The minimum absolute atomic E-state index is 0.0873. The molecular formula is C19H22N6O. The molecule has 7 nitrogen and oxygen atoms in total. The van der Waals surface area contributed by atoms with E-state index >= 15 is 0 Å². The molecule has 3 aromatic rings. The topological polar surface area (TPSA) is 77.6 Å². The van der Waals surface area contributed by atoms with Crippen molar-refractivity contribution in [2.45, 2.75) is 45.8 Å². The van der Waals surface area contributed by atoms with Crippen LogP contribution in [0.15, 0.2) is 36.8 Å². The largest absolute Gasteiger partial charge is 0.345 e. The lowest BCUT2D eigenvalue weighted by molar-refractivity contribution is 0.0948. The van der Waals surface area contributed by atoms with Crippen LogP contribution in [0.25, 0.3) is 0 Å². The van der Waals surface area contributed by atoms with Gasteiger partial charge in [0, 0.05) is 23.6 Å². The third kappa shape index (κ3) is 3.24. The van der Waals surface area contributed by atoms with Crippen molar-refractivity contribution in [3.05, 3.63) is 65.3 Å². The highest BCUT2D eigenvalue weighted by Gasteiger charge is 2.26. The van der Waals surface area contributed by atoms with Crippen molar-refractivity contribution in [3.63, 3.8) is 0 Å². The maximum atomic E-state index is 12.7. The van der Waals surface area contributed by atoms with Gasteiger partial charge in [-0.15, -0.1) is 10.2 Å². The molecule has 1 N–H and O–H groups in total. The second-order valence-electron chi connectivity index (χ2n) is 6.76. The Morgan fingerprint density at radius 2 is 2.15 bits per heavy atom. The Morgan fingerprint density at radius 1 is 1.31 bits per heavy atom. The molecule has 1 fully saturated rings. The van der Waals surface area contributed by atoms with E-state index in [2.05, 4.69) is 29.6 Å². The van der Waals surface area contributed by atoms with E-state index < -0.39 is 0 Å². The minimum Gasteiger partial charge on any atom is -0.345 e. The van der Waals surface area contributed by atoms with Crippen LogP contribution in [0.3, 0.4) is 0 Å². The van der Waals surface area contributed by atoms with Gasteiger partial charge in [0.05, 0.1) is 24.3 Å². The summed E-state index contributed by atoms with van der Waals surface area (Å²) in [5.41, 5.74) is 3.64. The van der Waals surface area contributed by atoms with Crippen molar-refractivity contribution in [1.82, 2.24) is 29.6 Å². The summed E-state index contributed by atoms with van der Waals surface area (Å²) in [6.07, 6.45) is 5.85. The van der Waals surface area contributed by atoms with Gasteiger partial charge >= 0.3 is 0 Å². The summed E-state index contributed by atoms with van der Waals surface area (Å²) in [4.78, 5) is 17.1. The number of nitrogens with one attached hydrogen (secondary N) is 1. The summed E-state index contributed by atoms with van der Waals surface area (Å²) in [7, 11) is 0. The minimum atomic E-state index is -0.0873. The quantitative estimate of drug-likeness (QED) is 0.740. The van der Waals surface area contributed by atoms with Crippen LogP contribution in [0.2, 0.25) is 0 Å². The predicted octanol–water partition coefficient (Wildman–Crippen LogP) is 2.40. The first-order valence-electron chi connectivity index (χ1n) is 8.86. The molecule has 0 atom stereocenters. The van der Waals surface area contributed by atoms with E-state index in [1.54, 1.807) is 12.5 Å². The Morgan fingerprint density at radius 3 is 2.88 bits per heavy atom. The van der Waals surface area contributed by atoms with Gasteiger partial charge in [-0.25, -0.2) is 0 Å². The van der Waals surface area contributed by atoms with Crippen molar-refractivity contribution in [2.75, 3.05) is 0 Å². The van der Waals surface area contributed by atoms with E-state index in [0.29, 0.717) is 24.7 Å². The molecule has 134 valence electrons. The zero-order valence-electron chi connectivity index (χ0n) is 15.0. The van der Waals surface area contributed by atoms with E-state index in [9.17, 15) is 4.79 Å². The number of hydrogen-bond acceptors (Lipinski definition) is 4. The van der Waals surface area contributed by atoms with Gasteiger partial charge in [-0.05, 0) is 44.9 Å². The number of aryl methyl sites for hydroxylation is 1. The molecule has 0 bridgehead atoms. The third-order valence-corrected chi connectivity index (χ3v) is 4.86. The molecule has 4 rings (SSSR count). The number of nitrogens with zero attached hydrogens (tertiary/aromatic N) is 5. The molecule has 0 aromatic carbocycles. The fourth-order valence-electron chi connectivity index (χ4n) is 3.23. The normalized spacial score (nSPS) is 13.8. The fraction of sp³-hybridized carbons (Fsp3) is 0.368. The molecule has 1 aliphatic rings. The summed E-state index contributed by atoms with van der Waals surface area (Å²) in [5.74, 6) is 0.721. The molecule has 3 aromatic heterocycles. The summed E-state index contributed by atoms with van der Waals surface area (Å²) < 4.78 is 4.18. The standard InChI is InChI=1S/C19H22N6O/c1-13-9-17(14(2)24(13)11-15-5-3-4-8-20-15)19(26)21-10-18-23-22-12-25(18)16-6-7-16/h3-5,8-9,12,16H,6-7,10-11H2,1-2H3,(H,21,26). The van der Waals surface area contributed by atoms with E-state index in [0.717, 1.165) is 35.7 Å². The highest BCUT2D eigenvalue weighted by molar-refractivity contribution is 5.95. The molecule has 0 aliphatic heterocycles. The number of pyridine rings is 1. The Bertz CT molecular complexity index is 923. The average Bonchev–Trinajstić information content (AvgIpc) is 3.33. The molecule has 0 radical (unpaired) electrons. The van der Waals surface area contributed by atoms with Crippen LogP contribution in [-0.2, 0) is 13.1 Å². The molecule has 1 amide bonds. The molecular weight excluding hydrogens is 328 g/mol. The van der Waals surface area contributed by atoms with Gasteiger partial charge in [0.2, 0.25) is 0 Å². The molecule has 26 heavy (non-hydrogen) atoms. The Labute approximate surface area is 152 Å². The van der Waals surface area contributed by atoms with Gasteiger partial charge in [0.15, 0.2) is 5.82 Å². The maximum Gasteiger partial charge on any atom is 0.253 e. The smallest absolute Gasteiger partial charge is 0.253 e. The zero-order valence-corrected chi connectivity index (χ0v) is 15.0. The predicted molar refractivity (Wildman–Crippen MR) is 96.7 cm³/mol. The third-order valence-electron chi connectivity index (χ3n) is 4.86. The van der Waals surface area contributed by atoms with Crippen molar-refractivity contribution in [3.8, 4) is 0 Å². The highest BCUT2D eigenvalue weighted by Crippen LogP contribution is 2.35. The molecule has 0 unspecified atom stereocenters. The fourth-order valence-corrected chi connectivity index (χ4v) is 3.23. The zero-order chi connectivity index (χ0) is 18.1. The Balaban J connectivity index is 1.47. The van der Waals surface area contributed by atoms with Crippen LogP contribution in [0.1, 0.15) is 52.1 Å². The average molecular weight is 350 g/mol. The maximum absolute atomic E-state index is 12.7. The van der Waals surface area contributed by atoms with Gasteiger partial charge < -0.3 is 14.5 Å². The number of rotatable bonds is 6. The Hall–Kier alpha value is -2.96. The van der Waals surface area contributed by atoms with Gasteiger partial charge in [-0.1, -0.05) is 6.07 Å². The molecule has 1 saturated carbocycles. The van der Waals surface area contributed by atoms with Crippen LogP contribution in [0, 0.1) is 13.8 Å². The number of carbonyl (C=O) groups is 1. The highest BCUT2D eigenvalue weighted by atomic mass is 16.1. The lowest BCUT2D eigenvalue weighted by Crippen LogP contribution is -2.25. The monoisotopic (exact) mass is 350 g/mol. The second kappa shape index (κ2) is 6.74. The number of aromatic nitrogens is 5. The van der Waals surface area contributed by atoms with Gasteiger partial charge in [0.25, 0.3) is 5.91 Å². The van der Waals surface area contributed by atoms with E-state index in [1.807, 2.05) is 38.1 Å². The van der Waals surface area contributed by atoms with Crippen LogP contribution in [-0.4, -0.2) is 30.2 Å². The lowest BCUT2D eigenvalue weighted by Gasteiger charge is -2.10. The number of carbonyl (C=O) groups excluding carboxylic acids is 1. The lowest BCUT2D eigenvalue weighted by atomic mass is 10.2. The molecule has 3 heterocycles. The van der Waals surface area contributed by atoms with Gasteiger partial charge in [0.1, 0.15) is 6.33 Å². The summed E-state index contributed by atoms with van der Waals surface area (Å²) in [5, 5.41) is 11.1. The first-order chi connectivity index (χ1) is 12.6. The summed E-state index contributed by atoms with van der Waals surface area (Å²) in [6.45, 7) is 5.02. The van der Waals surface area contributed by atoms with Gasteiger partial charge in [-0.2, -0.15) is 0 Å².